The second kappa shape index (κ2) is 8.40. The molecule has 3 rings (SSSR count). The number of carbonyl (C=O) groups is 1. The molecular formula is C20H26N4O2. The molecule has 2 aromatic rings. The molecule has 6 nitrogen and oxygen atoms in total. The van der Waals surface area contributed by atoms with E-state index >= 15 is 0 Å². The highest BCUT2D eigenvalue weighted by atomic mass is 16.5. The van der Waals surface area contributed by atoms with Gasteiger partial charge in [0, 0.05) is 44.5 Å². The highest BCUT2D eigenvalue weighted by molar-refractivity contribution is 5.92. The summed E-state index contributed by atoms with van der Waals surface area (Å²) in [5.41, 5.74) is 4.25. The molecule has 6 heteroatoms. The number of aromatic nitrogens is 1. The predicted molar refractivity (Wildman–Crippen MR) is 99.7 cm³/mol. The number of nitrogens with zero attached hydrogens (tertiary/aromatic N) is 3. The largest absolute Gasteiger partial charge is 0.294 e. The molecule has 1 aliphatic rings. The van der Waals surface area contributed by atoms with E-state index in [1.54, 1.807) is 11.5 Å². The van der Waals surface area contributed by atoms with Crippen LogP contribution in [0.3, 0.4) is 0 Å². The molecule has 138 valence electrons. The average Bonchev–Trinajstić information content (AvgIpc) is 2.65. The lowest BCUT2D eigenvalue weighted by atomic mass is 10.1. The maximum atomic E-state index is 11.4. The van der Waals surface area contributed by atoms with Crippen LogP contribution < -0.4 is 5.48 Å². The van der Waals surface area contributed by atoms with E-state index in [-0.39, 0.29) is 0 Å². The Morgan fingerprint density at radius 1 is 1.12 bits per heavy atom. The third-order valence-electron chi connectivity index (χ3n) is 4.96. The van der Waals surface area contributed by atoms with E-state index in [1.807, 2.05) is 6.07 Å². The van der Waals surface area contributed by atoms with Crippen LogP contribution in [0.25, 0.3) is 0 Å². The molecule has 0 bridgehead atoms. The lowest BCUT2D eigenvalue weighted by Crippen LogP contribution is -2.55. The molecule has 0 saturated carbocycles. The SMILES string of the molecule is C[C@@H]1CN(Cc2ccc(C(=O)NO)cn2)C[C@H](C)N1Cc1ccccc1. The van der Waals surface area contributed by atoms with E-state index in [4.69, 9.17) is 5.21 Å². The fraction of sp³-hybridized carbons (Fsp3) is 0.400. The molecule has 1 fully saturated rings. The lowest BCUT2D eigenvalue weighted by molar-refractivity contribution is 0.0285. The van der Waals surface area contributed by atoms with Crippen molar-refractivity contribution in [3.05, 3.63) is 65.5 Å². The molecule has 1 aliphatic heterocycles. The molecule has 2 atom stereocenters. The van der Waals surface area contributed by atoms with Gasteiger partial charge in [0.25, 0.3) is 5.91 Å². The number of benzene rings is 1. The van der Waals surface area contributed by atoms with Crippen molar-refractivity contribution in [2.75, 3.05) is 13.1 Å². The summed E-state index contributed by atoms with van der Waals surface area (Å²) in [4.78, 5) is 20.7. The van der Waals surface area contributed by atoms with Crippen molar-refractivity contribution in [3.63, 3.8) is 0 Å². The monoisotopic (exact) mass is 354 g/mol. The maximum absolute atomic E-state index is 11.4. The summed E-state index contributed by atoms with van der Waals surface area (Å²) in [5.74, 6) is -0.541. The number of rotatable bonds is 5. The van der Waals surface area contributed by atoms with Crippen molar-refractivity contribution >= 4 is 5.91 Å². The van der Waals surface area contributed by atoms with E-state index in [0.717, 1.165) is 31.9 Å². The van der Waals surface area contributed by atoms with Gasteiger partial charge >= 0.3 is 0 Å². The standard InChI is InChI=1S/C20H26N4O2/c1-15-11-23(14-19-9-8-18(10-21-19)20(25)22-26)12-16(2)24(15)13-17-6-4-3-5-7-17/h3-10,15-16,26H,11-14H2,1-2H3,(H,22,25)/t15-,16+. The molecule has 1 amide bonds. The van der Waals surface area contributed by atoms with E-state index in [9.17, 15) is 4.79 Å². The van der Waals surface area contributed by atoms with Crippen LogP contribution in [0.15, 0.2) is 48.7 Å². The number of hydrogen-bond acceptors (Lipinski definition) is 5. The van der Waals surface area contributed by atoms with Crippen LogP contribution in [-0.2, 0) is 13.1 Å². The van der Waals surface area contributed by atoms with E-state index in [1.165, 1.54) is 11.8 Å². The van der Waals surface area contributed by atoms with Crippen LogP contribution in [0.1, 0.15) is 35.5 Å². The van der Waals surface area contributed by atoms with E-state index < -0.39 is 5.91 Å². The Morgan fingerprint density at radius 2 is 1.81 bits per heavy atom. The summed E-state index contributed by atoms with van der Waals surface area (Å²) >= 11 is 0. The predicted octanol–water partition coefficient (Wildman–Crippen LogP) is 2.30. The van der Waals surface area contributed by atoms with Crippen LogP contribution in [-0.4, -0.2) is 51.1 Å². The van der Waals surface area contributed by atoms with Gasteiger partial charge in [-0.25, -0.2) is 5.48 Å². The van der Waals surface area contributed by atoms with Crippen LogP contribution >= 0.6 is 0 Å². The molecule has 0 radical (unpaired) electrons. The van der Waals surface area contributed by atoms with Crippen molar-refractivity contribution in [1.29, 1.82) is 0 Å². The van der Waals surface area contributed by atoms with Crippen molar-refractivity contribution in [3.8, 4) is 0 Å². The molecule has 2 heterocycles. The molecule has 0 unspecified atom stereocenters. The first-order chi connectivity index (χ1) is 12.6. The first kappa shape index (κ1) is 18.5. The topological polar surface area (TPSA) is 68.7 Å². The number of carbonyl (C=O) groups excluding carboxylic acids is 1. The van der Waals surface area contributed by atoms with E-state index in [2.05, 4.69) is 59.0 Å². The molecule has 1 saturated heterocycles. The Kier molecular flexibility index (Phi) is 5.98. The van der Waals surface area contributed by atoms with Gasteiger partial charge in [-0.2, -0.15) is 0 Å². The Balaban J connectivity index is 1.59. The first-order valence-electron chi connectivity index (χ1n) is 8.98. The maximum Gasteiger partial charge on any atom is 0.276 e. The second-order valence-corrected chi connectivity index (χ2v) is 7.03. The Bertz CT molecular complexity index is 708. The Hall–Kier alpha value is -2.28. The van der Waals surface area contributed by atoms with Crippen molar-refractivity contribution in [2.45, 2.75) is 39.0 Å². The first-order valence-corrected chi connectivity index (χ1v) is 8.98. The third-order valence-corrected chi connectivity index (χ3v) is 4.96. The summed E-state index contributed by atoms with van der Waals surface area (Å²) in [6, 6.07) is 15.0. The number of nitrogens with one attached hydrogen (secondary N) is 1. The normalized spacial score (nSPS) is 21.5. The average molecular weight is 354 g/mol. The molecule has 26 heavy (non-hydrogen) atoms. The fourth-order valence-electron chi connectivity index (χ4n) is 3.65. The van der Waals surface area contributed by atoms with Crippen LogP contribution in [0.2, 0.25) is 0 Å². The quantitative estimate of drug-likeness (QED) is 0.637. The summed E-state index contributed by atoms with van der Waals surface area (Å²) in [7, 11) is 0. The Labute approximate surface area is 154 Å². The smallest absolute Gasteiger partial charge is 0.276 e. The van der Waals surface area contributed by atoms with Crippen LogP contribution in [0.4, 0.5) is 0 Å². The van der Waals surface area contributed by atoms with Crippen molar-refractivity contribution in [1.82, 2.24) is 20.3 Å². The van der Waals surface area contributed by atoms with Gasteiger partial charge in [0.2, 0.25) is 0 Å². The highest BCUT2D eigenvalue weighted by Crippen LogP contribution is 2.20. The number of hydrogen-bond donors (Lipinski definition) is 2. The highest BCUT2D eigenvalue weighted by Gasteiger charge is 2.29. The number of hydroxylamine groups is 1. The third kappa shape index (κ3) is 4.46. The van der Waals surface area contributed by atoms with Gasteiger partial charge in [-0.05, 0) is 31.5 Å². The summed E-state index contributed by atoms with van der Waals surface area (Å²) in [5, 5.41) is 8.67. The summed E-state index contributed by atoms with van der Waals surface area (Å²) in [6.45, 7) is 8.24. The number of amides is 1. The lowest BCUT2D eigenvalue weighted by Gasteiger charge is -2.44. The zero-order valence-electron chi connectivity index (χ0n) is 15.3. The van der Waals surface area contributed by atoms with Crippen LogP contribution in [0.5, 0.6) is 0 Å². The number of piperazine rings is 1. The van der Waals surface area contributed by atoms with Crippen molar-refractivity contribution < 1.29 is 10.0 Å². The zero-order valence-corrected chi connectivity index (χ0v) is 15.3. The van der Waals surface area contributed by atoms with Gasteiger partial charge in [0.05, 0.1) is 11.3 Å². The summed E-state index contributed by atoms with van der Waals surface area (Å²) < 4.78 is 0. The zero-order chi connectivity index (χ0) is 18.5. The van der Waals surface area contributed by atoms with Gasteiger partial charge in [0.15, 0.2) is 0 Å². The second-order valence-electron chi connectivity index (χ2n) is 7.03. The molecule has 1 aromatic carbocycles. The van der Waals surface area contributed by atoms with Gasteiger partial charge in [0.1, 0.15) is 0 Å². The van der Waals surface area contributed by atoms with Gasteiger partial charge in [-0.3, -0.25) is 24.8 Å². The molecule has 0 aliphatic carbocycles. The number of pyridine rings is 1. The van der Waals surface area contributed by atoms with Gasteiger partial charge in [-0.1, -0.05) is 30.3 Å². The molecular weight excluding hydrogens is 328 g/mol. The van der Waals surface area contributed by atoms with Gasteiger partial charge in [-0.15, -0.1) is 0 Å². The van der Waals surface area contributed by atoms with E-state index in [0.29, 0.717) is 17.6 Å². The molecule has 2 N–H and O–H groups in total. The Morgan fingerprint density at radius 3 is 2.38 bits per heavy atom. The minimum Gasteiger partial charge on any atom is -0.294 e. The fourth-order valence-corrected chi connectivity index (χ4v) is 3.65. The minimum absolute atomic E-state index is 0.352. The van der Waals surface area contributed by atoms with Crippen LogP contribution in [0, 0.1) is 0 Å². The molecule has 1 aromatic heterocycles. The van der Waals surface area contributed by atoms with Crippen molar-refractivity contribution in [2.24, 2.45) is 0 Å². The summed E-state index contributed by atoms with van der Waals surface area (Å²) in [6.07, 6.45) is 1.50. The minimum atomic E-state index is -0.541. The molecule has 0 spiro atoms. The van der Waals surface area contributed by atoms with Gasteiger partial charge < -0.3 is 0 Å².